The minimum absolute atomic E-state index is 0.211. The number of amides is 3. The van der Waals surface area contributed by atoms with Crippen LogP contribution in [0.15, 0.2) is 0 Å². The third-order valence-electron chi connectivity index (χ3n) is 3.04. The Bertz CT molecular complexity index is 478. The summed E-state index contributed by atoms with van der Waals surface area (Å²) < 4.78 is 16.1. The minimum atomic E-state index is -1.24. The lowest BCUT2D eigenvalue weighted by Gasteiger charge is -2.24. The molecule has 0 radical (unpaired) electrons. The molecule has 9 nitrogen and oxygen atoms in total. The summed E-state index contributed by atoms with van der Waals surface area (Å²) in [6, 6.07) is -0.783. The van der Waals surface area contributed by atoms with E-state index in [4.69, 9.17) is 13.8 Å². The molecule has 2 unspecified atom stereocenters. The Morgan fingerprint density at radius 3 is 2.00 bits per heavy atom. The summed E-state index contributed by atoms with van der Waals surface area (Å²) in [5.41, 5.74) is -0.658. The zero-order valence-electron chi connectivity index (χ0n) is 17.4. The smallest absolute Gasteiger partial charge is 0.408 e. The Kier molecular flexibility index (Phi) is 12.2. The molecule has 0 aromatic rings. The average Bonchev–Trinajstić information content (AvgIpc) is 2.55. The van der Waals surface area contributed by atoms with Crippen LogP contribution in [0.3, 0.4) is 0 Å². The van der Waals surface area contributed by atoms with Gasteiger partial charge in [0.15, 0.2) is 8.38 Å². The molecule has 0 rings (SSSR count). The highest BCUT2D eigenvalue weighted by Gasteiger charge is 2.24. The van der Waals surface area contributed by atoms with Gasteiger partial charge in [-0.1, -0.05) is 6.92 Å². The number of carbonyl (C=O) groups excluding carboxylic acids is 3. The van der Waals surface area contributed by atoms with Gasteiger partial charge in [0.1, 0.15) is 11.6 Å². The van der Waals surface area contributed by atoms with Gasteiger partial charge in [0, 0.05) is 0 Å². The first-order chi connectivity index (χ1) is 12.5. The van der Waals surface area contributed by atoms with Crippen LogP contribution in [0.5, 0.6) is 0 Å². The molecule has 3 N–H and O–H groups in total. The van der Waals surface area contributed by atoms with Gasteiger partial charge >= 0.3 is 6.09 Å². The van der Waals surface area contributed by atoms with Crippen molar-refractivity contribution in [2.75, 3.05) is 19.8 Å². The Balaban J connectivity index is 4.47. The molecular weight excluding hydrogens is 373 g/mol. The van der Waals surface area contributed by atoms with Gasteiger partial charge in [-0.15, -0.1) is 0 Å². The van der Waals surface area contributed by atoms with E-state index in [0.29, 0.717) is 19.6 Å². The lowest BCUT2D eigenvalue weighted by molar-refractivity contribution is -0.127. The third kappa shape index (κ3) is 11.8. The van der Waals surface area contributed by atoms with Crippen molar-refractivity contribution in [2.24, 2.45) is 0 Å². The molecule has 0 heterocycles. The largest absolute Gasteiger partial charge is 0.444 e. The van der Waals surface area contributed by atoms with Crippen LogP contribution >= 0.6 is 8.38 Å². The molecule has 0 aromatic carbocycles. The minimum Gasteiger partial charge on any atom is -0.444 e. The van der Waals surface area contributed by atoms with E-state index >= 15 is 0 Å². The van der Waals surface area contributed by atoms with Crippen molar-refractivity contribution < 1.29 is 28.2 Å². The second kappa shape index (κ2) is 12.9. The fraction of sp³-hybridized carbons (Fsp3) is 0.824. The Morgan fingerprint density at radius 2 is 1.56 bits per heavy atom. The number of rotatable bonds is 11. The van der Waals surface area contributed by atoms with E-state index in [1.165, 1.54) is 0 Å². The second-order valence-corrected chi connectivity index (χ2v) is 8.55. The van der Waals surface area contributed by atoms with Crippen molar-refractivity contribution in [1.29, 1.82) is 0 Å². The lowest BCUT2D eigenvalue weighted by Crippen LogP contribution is -2.50. The number of hydrogen-bond acceptors (Lipinski definition) is 6. The maximum atomic E-state index is 12.2. The molecule has 27 heavy (non-hydrogen) atoms. The van der Waals surface area contributed by atoms with Crippen LogP contribution in [0.4, 0.5) is 4.79 Å². The van der Waals surface area contributed by atoms with Crippen molar-refractivity contribution in [2.45, 2.75) is 72.3 Å². The van der Waals surface area contributed by atoms with Crippen LogP contribution in [0.1, 0.15) is 54.9 Å². The number of carbonyl (C=O) groups is 3. The van der Waals surface area contributed by atoms with Crippen LogP contribution in [-0.2, 0) is 23.4 Å². The molecule has 0 aliphatic carbocycles. The highest BCUT2D eigenvalue weighted by molar-refractivity contribution is 7.48. The van der Waals surface area contributed by atoms with Gasteiger partial charge in [0.25, 0.3) is 0 Å². The summed E-state index contributed by atoms with van der Waals surface area (Å²) in [4.78, 5) is 36.0. The molecule has 0 saturated carbocycles. The molecule has 0 aromatic heterocycles. The van der Waals surface area contributed by atoms with Gasteiger partial charge in [0.05, 0.1) is 25.5 Å². The summed E-state index contributed by atoms with van der Waals surface area (Å²) in [6.07, 6.45) is -0.315. The van der Waals surface area contributed by atoms with Gasteiger partial charge in [-0.05, 0) is 48.0 Å². The highest BCUT2D eigenvalue weighted by atomic mass is 31.2. The molecule has 0 saturated heterocycles. The molecule has 0 aliphatic rings. The molecule has 0 fully saturated rings. The molecule has 0 bridgehead atoms. The number of nitrogens with one attached hydrogen (secondary N) is 3. The number of hydrogen-bond donors (Lipinski definition) is 3. The van der Waals surface area contributed by atoms with Crippen molar-refractivity contribution in [1.82, 2.24) is 16.0 Å². The fourth-order valence-corrected chi connectivity index (χ4v) is 3.23. The number of alkyl carbamates (subject to hydrolysis) is 1. The van der Waals surface area contributed by atoms with Gasteiger partial charge in [0.2, 0.25) is 11.8 Å². The third-order valence-corrected chi connectivity index (χ3v) is 4.82. The first-order valence-corrected chi connectivity index (χ1v) is 10.4. The van der Waals surface area contributed by atoms with Gasteiger partial charge in [-0.3, -0.25) is 9.59 Å². The first kappa shape index (κ1) is 25.6. The summed E-state index contributed by atoms with van der Waals surface area (Å²) in [5, 5.41) is 7.76. The molecule has 10 heteroatoms. The molecular formula is C17H34N3O6P. The maximum Gasteiger partial charge on any atom is 0.408 e. The van der Waals surface area contributed by atoms with E-state index in [-0.39, 0.29) is 18.2 Å². The van der Waals surface area contributed by atoms with Crippen LogP contribution in [-0.4, -0.2) is 55.1 Å². The highest BCUT2D eigenvalue weighted by Crippen LogP contribution is 2.41. The van der Waals surface area contributed by atoms with Gasteiger partial charge in [-0.25, -0.2) is 4.79 Å². The zero-order valence-corrected chi connectivity index (χ0v) is 18.3. The Hall–Kier alpha value is -1.44. The van der Waals surface area contributed by atoms with E-state index in [1.54, 1.807) is 34.6 Å². The van der Waals surface area contributed by atoms with Crippen molar-refractivity contribution in [3.8, 4) is 0 Å². The second-order valence-electron chi connectivity index (χ2n) is 6.69. The zero-order chi connectivity index (χ0) is 21.0. The molecule has 158 valence electrons. The van der Waals surface area contributed by atoms with Crippen LogP contribution in [0.25, 0.3) is 0 Å². The standard InChI is InChI=1S/C17H34N3O6P/c1-8-13(20-16(23)26-17(5,6)7)15(22)18-11-14(21)19-12(4)27(24-9-2)25-10-3/h12-13H,8-11H2,1-7H3,(H,18,22)(H,19,21)(H,20,23). The summed E-state index contributed by atoms with van der Waals surface area (Å²) in [5.74, 6) is -1.14. The summed E-state index contributed by atoms with van der Waals surface area (Å²) in [7, 11) is -1.24. The summed E-state index contributed by atoms with van der Waals surface area (Å²) >= 11 is 0. The fourth-order valence-electron chi connectivity index (χ4n) is 1.95. The SMILES string of the molecule is CCOP(OCC)C(C)NC(=O)CNC(=O)C(CC)NC(=O)OC(C)(C)C. The van der Waals surface area contributed by atoms with Crippen LogP contribution in [0.2, 0.25) is 0 Å². The van der Waals surface area contributed by atoms with E-state index in [1.807, 2.05) is 13.8 Å². The molecule has 3 amide bonds. The summed E-state index contributed by atoms with van der Waals surface area (Å²) in [6.45, 7) is 13.2. The first-order valence-electron chi connectivity index (χ1n) is 9.15. The van der Waals surface area contributed by atoms with Crippen molar-refractivity contribution in [3.63, 3.8) is 0 Å². The monoisotopic (exact) mass is 407 g/mol. The normalized spacial score (nSPS) is 13.6. The Labute approximate surface area is 163 Å². The van der Waals surface area contributed by atoms with Crippen LogP contribution < -0.4 is 16.0 Å². The quantitative estimate of drug-likeness (QED) is 0.453. The number of ether oxygens (including phenoxy) is 1. The van der Waals surface area contributed by atoms with E-state index in [0.717, 1.165) is 0 Å². The van der Waals surface area contributed by atoms with E-state index in [2.05, 4.69) is 16.0 Å². The molecule has 0 spiro atoms. The lowest BCUT2D eigenvalue weighted by atomic mass is 10.2. The van der Waals surface area contributed by atoms with Crippen molar-refractivity contribution in [3.05, 3.63) is 0 Å². The van der Waals surface area contributed by atoms with Gasteiger partial charge in [-0.2, -0.15) is 0 Å². The van der Waals surface area contributed by atoms with Gasteiger partial charge < -0.3 is 29.7 Å². The van der Waals surface area contributed by atoms with Crippen molar-refractivity contribution >= 4 is 26.3 Å². The topological polar surface area (TPSA) is 115 Å². The maximum absolute atomic E-state index is 12.2. The van der Waals surface area contributed by atoms with E-state index < -0.39 is 32.0 Å². The molecule has 0 aliphatic heterocycles. The predicted molar refractivity (Wildman–Crippen MR) is 104 cm³/mol. The predicted octanol–water partition coefficient (Wildman–Crippen LogP) is 2.25. The Morgan fingerprint density at radius 1 is 1.00 bits per heavy atom. The van der Waals surface area contributed by atoms with Crippen LogP contribution in [0, 0.1) is 0 Å². The van der Waals surface area contributed by atoms with E-state index in [9.17, 15) is 14.4 Å². The average molecular weight is 407 g/mol. The molecule has 2 atom stereocenters.